The van der Waals surface area contributed by atoms with Crippen LogP contribution in [0.25, 0.3) is 0 Å². The minimum Gasteiger partial charge on any atom is -0.348 e. The van der Waals surface area contributed by atoms with E-state index in [1.807, 2.05) is 25.1 Å². The van der Waals surface area contributed by atoms with Gasteiger partial charge in [-0.1, -0.05) is 12.1 Å². The Labute approximate surface area is 160 Å². The smallest absolute Gasteiger partial charge is 0.251 e. The molecule has 2 atom stereocenters. The van der Waals surface area contributed by atoms with Crippen LogP contribution in [0.15, 0.2) is 35.7 Å². The fourth-order valence-corrected chi connectivity index (χ4v) is 4.52. The normalized spacial score (nSPS) is 18.5. The van der Waals surface area contributed by atoms with Crippen LogP contribution >= 0.6 is 11.3 Å². The van der Waals surface area contributed by atoms with Crippen molar-refractivity contribution in [2.45, 2.75) is 32.9 Å². The predicted molar refractivity (Wildman–Crippen MR) is 109 cm³/mol. The standard InChI is InChI=1S/C21H29N3OS/c1-15-7-8-18(14-16(15)2)21(25)22-17(3)20(19-6-5-13-26-19)24-11-9-23(4)10-12-24/h5-8,13-14,17,20H,9-12H2,1-4H3,(H,22,25). The molecule has 5 heteroatoms. The van der Waals surface area contributed by atoms with Crippen LogP contribution < -0.4 is 5.32 Å². The highest BCUT2D eigenvalue weighted by Gasteiger charge is 2.30. The Bertz CT molecular complexity index is 736. The summed E-state index contributed by atoms with van der Waals surface area (Å²) in [5, 5.41) is 5.37. The molecule has 1 saturated heterocycles. The third-order valence-corrected chi connectivity index (χ3v) is 6.31. The summed E-state index contributed by atoms with van der Waals surface area (Å²) < 4.78 is 0. The van der Waals surface area contributed by atoms with Gasteiger partial charge in [0.2, 0.25) is 0 Å². The molecule has 0 spiro atoms. The van der Waals surface area contributed by atoms with E-state index in [1.165, 1.54) is 10.4 Å². The zero-order valence-electron chi connectivity index (χ0n) is 16.2. The molecule has 140 valence electrons. The van der Waals surface area contributed by atoms with E-state index < -0.39 is 0 Å². The van der Waals surface area contributed by atoms with Gasteiger partial charge < -0.3 is 10.2 Å². The molecule has 1 fully saturated rings. The van der Waals surface area contributed by atoms with E-state index in [-0.39, 0.29) is 18.0 Å². The summed E-state index contributed by atoms with van der Waals surface area (Å²) >= 11 is 1.77. The van der Waals surface area contributed by atoms with Crippen molar-refractivity contribution in [3.05, 3.63) is 57.3 Å². The number of hydrogen-bond donors (Lipinski definition) is 1. The van der Waals surface area contributed by atoms with Crippen LogP contribution in [0.3, 0.4) is 0 Å². The average molecular weight is 372 g/mol. The highest BCUT2D eigenvalue weighted by atomic mass is 32.1. The number of likely N-dealkylation sites (N-methyl/N-ethyl adjacent to an activating group) is 1. The lowest BCUT2D eigenvalue weighted by atomic mass is 10.0. The van der Waals surface area contributed by atoms with Crippen LogP contribution in [0.1, 0.15) is 39.3 Å². The van der Waals surface area contributed by atoms with E-state index in [1.54, 1.807) is 11.3 Å². The number of carbonyl (C=O) groups excluding carboxylic acids is 1. The quantitative estimate of drug-likeness (QED) is 0.874. The topological polar surface area (TPSA) is 35.6 Å². The summed E-state index contributed by atoms with van der Waals surface area (Å²) in [6.45, 7) is 10.4. The van der Waals surface area contributed by atoms with E-state index in [0.29, 0.717) is 0 Å². The van der Waals surface area contributed by atoms with Crippen LogP contribution in [0, 0.1) is 13.8 Å². The Morgan fingerprint density at radius 2 is 1.85 bits per heavy atom. The van der Waals surface area contributed by atoms with Gasteiger partial charge in [-0.2, -0.15) is 0 Å². The predicted octanol–water partition coefficient (Wildman–Crippen LogP) is 3.47. The first-order valence-corrected chi connectivity index (χ1v) is 10.2. The van der Waals surface area contributed by atoms with Gasteiger partial charge in [-0.15, -0.1) is 11.3 Å². The van der Waals surface area contributed by atoms with Crippen molar-refractivity contribution in [3.63, 3.8) is 0 Å². The van der Waals surface area contributed by atoms with Gasteiger partial charge in [0.1, 0.15) is 0 Å². The van der Waals surface area contributed by atoms with Gasteiger partial charge in [-0.25, -0.2) is 0 Å². The minimum atomic E-state index is 0.0104. The summed E-state index contributed by atoms with van der Waals surface area (Å²) in [4.78, 5) is 19.0. The first kappa shape index (κ1) is 19.1. The molecule has 0 aliphatic carbocycles. The second-order valence-corrected chi connectivity index (χ2v) is 8.34. The van der Waals surface area contributed by atoms with Crippen LogP contribution in [0.4, 0.5) is 0 Å². The third kappa shape index (κ3) is 4.34. The number of amides is 1. The van der Waals surface area contributed by atoms with Gasteiger partial charge in [-0.05, 0) is 62.5 Å². The zero-order valence-corrected chi connectivity index (χ0v) is 17.0. The highest BCUT2D eigenvalue weighted by Crippen LogP contribution is 2.29. The lowest BCUT2D eigenvalue weighted by molar-refractivity contribution is 0.0799. The maximum absolute atomic E-state index is 12.8. The molecule has 26 heavy (non-hydrogen) atoms. The number of piperazine rings is 1. The van der Waals surface area contributed by atoms with Crippen molar-refractivity contribution in [1.29, 1.82) is 0 Å². The van der Waals surface area contributed by atoms with E-state index in [0.717, 1.165) is 37.3 Å². The molecule has 1 aliphatic rings. The summed E-state index contributed by atoms with van der Waals surface area (Å²) in [7, 11) is 2.17. The molecule has 0 bridgehead atoms. The Hall–Kier alpha value is -1.69. The lowest BCUT2D eigenvalue weighted by Crippen LogP contribution is -2.51. The fourth-order valence-electron chi connectivity index (χ4n) is 3.55. The Morgan fingerprint density at radius 1 is 1.12 bits per heavy atom. The van der Waals surface area contributed by atoms with Crippen molar-refractivity contribution in [1.82, 2.24) is 15.1 Å². The van der Waals surface area contributed by atoms with Crippen molar-refractivity contribution in [3.8, 4) is 0 Å². The van der Waals surface area contributed by atoms with E-state index in [4.69, 9.17) is 0 Å². The molecule has 3 rings (SSSR count). The van der Waals surface area contributed by atoms with Gasteiger partial charge in [0.05, 0.1) is 6.04 Å². The zero-order chi connectivity index (χ0) is 18.7. The molecule has 2 unspecified atom stereocenters. The van der Waals surface area contributed by atoms with Gasteiger partial charge >= 0.3 is 0 Å². The second kappa shape index (κ2) is 8.33. The maximum Gasteiger partial charge on any atom is 0.251 e. The third-order valence-electron chi connectivity index (χ3n) is 5.37. The molecule has 1 aromatic heterocycles. The monoisotopic (exact) mass is 371 g/mol. The summed E-state index contributed by atoms with van der Waals surface area (Å²) in [6.07, 6.45) is 0. The molecule has 2 aromatic rings. The molecular weight excluding hydrogens is 342 g/mol. The first-order valence-electron chi connectivity index (χ1n) is 9.30. The van der Waals surface area contributed by atoms with Crippen LogP contribution in [0.2, 0.25) is 0 Å². The van der Waals surface area contributed by atoms with Gasteiger partial charge in [0.15, 0.2) is 0 Å². The molecule has 1 aromatic carbocycles. The van der Waals surface area contributed by atoms with Crippen LogP contribution in [-0.2, 0) is 0 Å². The highest BCUT2D eigenvalue weighted by molar-refractivity contribution is 7.10. The number of carbonyl (C=O) groups is 1. The van der Waals surface area contributed by atoms with Gasteiger partial charge in [0, 0.05) is 42.7 Å². The molecule has 0 radical (unpaired) electrons. The van der Waals surface area contributed by atoms with Crippen molar-refractivity contribution < 1.29 is 4.79 Å². The maximum atomic E-state index is 12.8. The molecular formula is C21H29N3OS. The number of hydrogen-bond acceptors (Lipinski definition) is 4. The number of rotatable bonds is 5. The summed E-state index contributed by atoms with van der Waals surface area (Å²) in [6, 6.07) is 10.5. The Balaban J connectivity index is 1.75. The largest absolute Gasteiger partial charge is 0.348 e. The van der Waals surface area contributed by atoms with Crippen molar-refractivity contribution in [2.75, 3.05) is 33.2 Å². The fraction of sp³-hybridized carbons (Fsp3) is 0.476. The van der Waals surface area contributed by atoms with Gasteiger partial charge in [-0.3, -0.25) is 9.69 Å². The van der Waals surface area contributed by atoms with Crippen molar-refractivity contribution in [2.24, 2.45) is 0 Å². The van der Waals surface area contributed by atoms with Crippen LogP contribution in [0.5, 0.6) is 0 Å². The number of nitrogens with zero attached hydrogens (tertiary/aromatic N) is 2. The molecule has 2 heterocycles. The van der Waals surface area contributed by atoms with Gasteiger partial charge in [0.25, 0.3) is 5.91 Å². The molecule has 1 N–H and O–H groups in total. The molecule has 1 amide bonds. The number of thiophene rings is 1. The Morgan fingerprint density at radius 3 is 2.46 bits per heavy atom. The number of aryl methyl sites for hydroxylation is 2. The summed E-state index contributed by atoms with van der Waals surface area (Å²) in [5.41, 5.74) is 3.10. The molecule has 0 saturated carbocycles. The minimum absolute atomic E-state index is 0.0104. The molecule has 4 nitrogen and oxygen atoms in total. The average Bonchev–Trinajstić information content (AvgIpc) is 3.13. The SMILES string of the molecule is Cc1ccc(C(=O)NC(C)C(c2cccs2)N2CCN(C)CC2)cc1C. The second-order valence-electron chi connectivity index (χ2n) is 7.36. The van der Waals surface area contributed by atoms with E-state index in [2.05, 4.69) is 53.5 Å². The Kier molecular flexibility index (Phi) is 6.12. The van der Waals surface area contributed by atoms with Crippen LogP contribution in [-0.4, -0.2) is 55.0 Å². The summed E-state index contributed by atoms with van der Waals surface area (Å²) in [5.74, 6) is 0.0104. The van der Waals surface area contributed by atoms with Crippen molar-refractivity contribution >= 4 is 17.2 Å². The first-order chi connectivity index (χ1) is 12.5. The lowest BCUT2D eigenvalue weighted by Gasteiger charge is -2.40. The van der Waals surface area contributed by atoms with E-state index in [9.17, 15) is 4.79 Å². The molecule has 1 aliphatic heterocycles. The number of benzene rings is 1. The number of nitrogens with one attached hydrogen (secondary N) is 1. The van der Waals surface area contributed by atoms with E-state index >= 15 is 0 Å².